The molecule has 1 aromatic carbocycles. The van der Waals surface area contributed by atoms with Crippen molar-refractivity contribution in [1.29, 1.82) is 0 Å². The standard InChI is InChI=1S/C21H26ClN3O2S/c1-3-5-18(26)25-10-8-15(9-11-25)20(27)24-21-23-13-17(28-21)12-16-7-4-6-14(2)19(16)22/h4,6-7,13,15H,3,5,8-12H2,1-2H3,(H,23,24,27). The molecule has 2 amide bonds. The number of benzene rings is 1. The van der Waals surface area contributed by atoms with Crippen molar-refractivity contribution in [2.75, 3.05) is 18.4 Å². The van der Waals surface area contributed by atoms with E-state index in [9.17, 15) is 9.59 Å². The summed E-state index contributed by atoms with van der Waals surface area (Å²) in [5, 5.41) is 4.35. The van der Waals surface area contributed by atoms with Crippen LogP contribution in [0.5, 0.6) is 0 Å². The number of piperidine rings is 1. The van der Waals surface area contributed by atoms with Crippen molar-refractivity contribution >= 4 is 39.9 Å². The number of carbonyl (C=O) groups excluding carboxylic acids is 2. The summed E-state index contributed by atoms with van der Waals surface area (Å²) in [7, 11) is 0. The first-order valence-electron chi connectivity index (χ1n) is 9.75. The van der Waals surface area contributed by atoms with Gasteiger partial charge in [0.05, 0.1) is 0 Å². The molecule has 0 atom stereocenters. The number of carbonyl (C=O) groups is 2. The molecule has 1 aliphatic rings. The molecular formula is C21H26ClN3O2S. The fourth-order valence-corrected chi connectivity index (χ4v) is 4.48. The Kier molecular flexibility index (Phi) is 7.08. The Morgan fingerprint density at radius 1 is 1.32 bits per heavy atom. The number of thiazole rings is 1. The van der Waals surface area contributed by atoms with Crippen molar-refractivity contribution in [2.24, 2.45) is 5.92 Å². The number of rotatable bonds is 6. The van der Waals surface area contributed by atoms with E-state index in [1.807, 2.05) is 36.9 Å². The number of aryl methyl sites for hydroxylation is 1. The van der Waals surface area contributed by atoms with Crippen molar-refractivity contribution in [3.05, 3.63) is 45.4 Å². The van der Waals surface area contributed by atoms with E-state index in [0.717, 1.165) is 27.4 Å². The number of amides is 2. The summed E-state index contributed by atoms with van der Waals surface area (Å²) in [5.74, 6) is 0.127. The molecule has 2 heterocycles. The van der Waals surface area contributed by atoms with E-state index in [1.165, 1.54) is 11.3 Å². The molecule has 0 aliphatic carbocycles. The van der Waals surface area contributed by atoms with Gasteiger partial charge in [-0.1, -0.05) is 36.7 Å². The lowest BCUT2D eigenvalue weighted by Crippen LogP contribution is -2.41. The smallest absolute Gasteiger partial charge is 0.229 e. The van der Waals surface area contributed by atoms with Gasteiger partial charge < -0.3 is 10.2 Å². The highest BCUT2D eigenvalue weighted by molar-refractivity contribution is 7.15. The maximum Gasteiger partial charge on any atom is 0.229 e. The van der Waals surface area contributed by atoms with E-state index in [4.69, 9.17) is 11.6 Å². The highest BCUT2D eigenvalue weighted by Gasteiger charge is 2.27. The lowest BCUT2D eigenvalue weighted by molar-refractivity contribution is -0.134. The Balaban J connectivity index is 1.53. The van der Waals surface area contributed by atoms with Crippen LogP contribution in [0.25, 0.3) is 0 Å². The van der Waals surface area contributed by atoms with E-state index in [2.05, 4.69) is 10.3 Å². The number of nitrogens with zero attached hydrogens (tertiary/aromatic N) is 2. The van der Waals surface area contributed by atoms with Gasteiger partial charge in [0.25, 0.3) is 0 Å². The summed E-state index contributed by atoms with van der Waals surface area (Å²) in [5.41, 5.74) is 2.12. The van der Waals surface area contributed by atoms with Gasteiger partial charge in [0, 0.05) is 47.9 Å². The van der Waals surface area contributed by atoms with E-state index in [-0.39, 0.29) is 17.7 Å². The lowest BCUT2D eigenvalue weighted by Gasteiger charge is -2.31. The third-order valence-corrected chi connectivity index (χ3v) is 6.56. The molecule has 150 valence electrons. The van der Waals surface area contributed by atoms with Crippen LogP contribution in [0.15, 0.2) is 24.4 Å². The molecule has 5 nitrogen and oxygen atoms in total. The van der Waals surface area contributed by atoms with Gasteiger partial charge in [-0.25, -0.2) is 4.98 Å². The first kappa shape index (κ1) is 20.8. The molecular weight excluding hydrogens is 394 g/mol. The Labute approximate surface area is 175 Å². The van der Waals surface area contributed by atoms with Crippen molar-refractivity contribution in [3.8, 4) is 0 Å². The van der Waals surface area contributed by atoms with Crippen molar-refractivity contribution < 1.29 is 9.59 Å². The summed E-state index contributed by atoms with van der Waals surface area (Å²) >= 11 is 7.86. The predicted molar refractivity (Wildman–Crippen MR) is 114 cm³/mol. The van der Waals surface area contributed by atoms with Crippen LogP contribution in [0.4, 0.5) is 5.13 Å². The third kappa shape index (κ3) is 5.11. The predicted octanol–water partition coefficient (Wildman–Crippen LogP) is 4.67. The van der Waals surface area contributed by atoms with Crippen LogP contribution in [0.2, 0.25) is 5.02 Å². The Bertz CT molecular complexity index is 844. The van der Waals surface area contributed by atoms with E-state index in [0.29, 0.717) is 43.9 Å². The topological polar surface area (TPSA) is 62.3 Å². The number of nitrogens with one attached hydrogen (secondary N) is 1. The zero-order chi connectivity index (χ0) is 20.1. The maximum absolute atomic E-state index is 12.6. The minimum atomic E-state index is -0.0655. The van der Waals surface area contributed by atoms with Gasteiger partial charge >= 0.3 is 0 Å². The van der Waals surface area contributed by atoms with Gasteiger partial charge in [-0.15, -0.1) is 11.3 Å². The molecule has 0 radical (unpaired) electrons. The molecule has 0 spiro atoms. The average Bonchev–Trinajstić information content (AvgIpc) is 3.12. The van der Waals surface area contributed by atoms with E-state index >= 15 is 0 Å². The molecule has 3 rings (SSSR count). The fraction of sp³-hybridized carbons (Fsp3) is 0.476. The molecule has 1 N–H and O–H groups in total. The molecule has 1 aliphatic heterocycles. The second kappa shape index (κ2) is 9.52. The molecule has 0 bridgehead atoms. The van der Waals surface area contributed by atoms with E-state index in [1.54, 1.807) is 6.20 Å². The van der Waals surface area contributed by atoms with Crippen LogP contribution >= 0.6 is 22.9 Å². The van der Waals surface area contributed by atoms with Gasteiger partial charge in [-0.3, -0.25) is 9.59 Å². The van der Waals surface area contributed by atoms with Crippen LogP contribution in [-0.4, -0.2) is 34.8 Å². The normalized spacial score (nSPS) is 14.9. The number of hydrogen-bond donors (Lipinski definition) is 1. The molecule has 28 heavy (non-hydrogen) atoms. The van der Waals surface area contributed by atoms with Crippen molar-refractivity contribution in [1.82, 2.24) is 9.88 Å². The molecule has 1 aromatic heterocycles. The number of aromatic nitrogens is 1. The molecule has 2 aromatic rings. The Morgan fingerprint density at radius 3 is 2.79 bits per heavy atom. The van der Waals surface area contributed by atoms with Gasteiger partial charge in [0.2, 0.25) is 11.8 Å². The second-order valence-corrected chi connectivity index (χ2v) is 8.74. The Hall–Kier alpha value is -1.92. The summed E-state index contributed by atoms with van der Waals surface area (Å²) in [4.78, 5) is 31.8. The largest absolute Gasteiger partial charge is 0.343 e. The van der Waals surface area contributed by atoms with Gasteiger partial charge in [-0.2, -0.15) is 0 Å². The number of likely N-dealkylation sites (tertiary alicyclic amines) is 1. The van der Waals surface area contributed by atoms with Crippen LogP contribution < -0.4 is 5.32 Å². The van der Waals surface area contributed by atoms with Crippen LogP contribution in [-0.2, 0) is 16.0 Å². The zero-order valence-electron chi connectivity index (χ0n) is 16.3. The fourth-order valence-electron chi connectivity index (χ4n) is 3.45. The monoisotopic (exact) mass is 419 g/mol. The summed E-state index contributed by atoms with van der Waals surface area (Å²) in [6.45, 7) is 5.32. The molecule has 1 saturated heterocycles. The maximum atomic E-state index is 12.6. The average molecular weight is 420 g/mol. The lowest BCUT2D eigenvalue weighted by atomic mass is 9.96. The number of halogens is 1. The number of hydrogen-bond acceptors (Lipinski definition) is 4. The molecule has 1 fully saturated rings. The quantitative estimate of drug-likeness (QED) is 0.739. The zero-order valence-corrected chi connectivity index (χ0v) is 17.9. The molecule has 0 unspecified atom stereocenters. The van der Waals surface area contributed by atoms with Crippen LogP contribution in [0.3, 0.4) is 0 Å². The van der Waals surface area contributed by atoms with Gasteiger partial charge in [-0.05, 0) is 37.3 Å². The molecule has 7 heteroatoms. The van der Waals surface area contributed by atoms with E-state index < -0.39 is 0 Å². The first-order valence-corrected chi connectivity index (χ1v) is 10.9. The second-order valence-electron chi connectivity index (χ2n) is 7.25. The minimum Gasteiger partial charge on any atom is -0.343 e. The highest BCUT2D eigenvalue weighted by Crippen LogP contribution is 2.27. The van der Waals surface area contributed by atoms with Crippen LogP contribution in [0.1, 0.15) is 48.6 Å². The number of anilines is 1. The SMILES string of the molecule is CCCC(=O)N1CCC(C(=O)Nc2ncc(Cc3cccc(C)c3Cl)s2)CC1. The summed E-state index contributed by atoms with van der Waals surface area (Å²) in [6, 6.07) is 6.00. The van der Waals surface area contributed by atoms with Crippen LogP contribution in [0, 0.1) is 12.8 Å². The summed E-state index contributed by atoms with van der Waals surface area (Å²) in [6.07, 6.45) is 5.36. The first-order chi connectivity index (χ1) is 13.5. The summed E-state index contributed by atoms with van der Waals surface area (Å²) < 4.78 is 0. The highest BCUT2D eigenvalue weighted by atomic mass is 35.5. The third-order valence-electron chi connectivity index (χ3n) is 5.10. The van der Waals surface area contributed by atoms with Crippen molar-refractivity contribution in [3.63, 3.8) is 0 Å². The Morgan fingerprint density at radius 2 is 2.07 bits per heavy atom. The minimum absolute atomic E-state index is 0.00271. The molecule has 0 saturated carbocycles. The van der Waals surface area contributed by atoms with Gasteiger partial charge in [0.1, 0.15) is 0 Å². The van der Waals surface area contributed by atoms with Crippen molar-refractivity contribution in [2.45, 2.75) is 46.0 Å². The van der Waals surface area contributed by atoms with Gasteiger partial charge in [0.15, 0.2) is 5.13 Å².